The van der Waals surface area contributed by atoms with Crippen LogP contribution in [0.3, 0.4) is 0 Å². The van der Waals surface area contributed by atoms with Gasteiger partial charge >= 0.3 is 0 Å². The minimum absolute atomic E-state index is 0.00305. The number of methoxy groups -OCH3 is 2. The number of nitrogens with zero attached hydrogens (tertiary/aromatic N) is 3. The van der Waals surface area contributed by atoms with E-state index in [1.54, 1.807) is 14.2 Å². The fourth-order valence-electron chi connectivity index (χ4n) is 4.16. The van der Waals surface area contributed by atoms with Gasteiger partial charge in [0.05, 0.1) is 25.5 Å². The number of amides is 1. The Morgan fingerprint density at radius 3 is 2.44 bits per heavy atom. The largest absolute Gasteiger partial charge is 0.497 e. The van der Waals surface area contributed by atoms with Crippen molar-refractivity contribution in [1.82, 2.24) is 14.9 Å². The second-order valence-electron chi connectivity index (χ2n) is 7.93. The first-order valence-electron chi connectivity index (χ1n) is 10.8. The maximum Gasteiger partial charge on any atom is 0.257 e. The lowest BCUT2D eigenvalue weighted by molar-refractivity contribution is 0.0708. The zero-order valence-corrected chi connectivity index (χ0v) is 18.5. The van der Waals surface area contributed by atoms with Crippen LogP contribution in [0.5, 0.6) is 11.5 Å². The van der Waals surface area contributed by atoms with Crippen LogP contribution in [0.2, 0.25) is 0 Å². The molecular weight excluding hydrogens is 404 g/mol. The van der Waals surface area contributed by atoms with E-state index in [-0.39, 0.29) is 11.8 Å². The molecule has 0 bridgehead atoms. The molecular formula is C25H28N4O3. The zero-order valence-electron chi connectivity index (χ0n) is 18.5. The average Bonchev–Trinajstić information content (AvgIpc) is 2.84. The molecule has 0 spiro atoms. The summed E-state index contributed by atoms with van der Waals surface area (Å²) in [6, 6.07) is 17.3. The SMILES string of the molecule is COc1ccc(Cc2cc(C3CCN(C(=O)c4ccccc4OC)CC3)nc(N)n2)cc1. The van der Waals surface area contributed by atoms with Crippen LogP contribution in [0.1, 0.15) is 46.1 Å². The molecule has 1 amide bonds. The van der Waals surface area contributed by atoms with Gasteiger partial charge in [-0.3, -0.25) is 4.79 Å². The molecule has 1 aromatic heterocycles. The van der Waals surface area contributed by atoms with Gasteiger partial charge in [0.2, 0.25) is 5.95 Å². The average molecular weight is 433 g/mol. The lowest BCUT2D eigenvalue weighted by atomic mass is 9.92. The highest BCUT2D eigenvalue weighted by atomic mass is 16.5. The third-order valence-corrected chi connectivity index (χ3v) is 5.90. The third-order valence-electron chi connectivity index (χ3n) is 5.90. The summed E-state index contributed by atoms with van der Waals surface area (Å²) in [5.74, 6) is 1.97. The van der Waals surface area contributed by atoms with Gasteiger partial charge in [0, 0.05) is 31.1 Å². The summed E-state index contributed by atoms with van der Waals surface area (Å²) < 4.78 is 10.6. The van der Waals surface area contributed by atoms with Crippen molar-refractivity contribution in [1.29, 1.82) is 0 Å². The van der Waals surface area contributed by atoms with Gasteiger partial charge in [-0.25, -0.2) is 9.97 Å². The Balaban J connectivity index is 1.43. The molecule has 7 heteroatoms. The van der Waals surface area contributed by atoms with Crippen LogP contribution in [0.15, 0.2) is 54.6 Å². The van der Waals surface area contributed by atoms with E-state index in [2.05, 4.69) is 9.97 Å². The number of aromatic nitrogens is 2. The minimum atomic E-state index is 0.00305. The molecule has 166 valence electrons. The maximum absolute atomic E-state index is 13.0. The summed E-state index contributed by atoms with van der Waals surface area (Å²) in [7, 11) is 3.24. The molecule has 0 saturated carbocycles. The highest BCUT2D eigenvalue weighted by molar-refractivity contribution is 5.97. The molecule has 0 unspecified atom stereocenters. The first kappa shape index (κ1) is 21.6. The highest BCUT2D eigenvalue weighted by Crippen LogP contribution is 2.30. The molecule has 1 aliphatic heterocycles. The monoisotopic (exact) mass is 432 g/mol. The number of nitrogens with two attached hydrogens (primary N) is 1. The second-order valence-corrected chi connectivity index (χ2v) is 7.93. The van der Waals surface area contributed by atoms with E-state index in [1.807, 2.05) is 59.5 Å². The van der Waals surface area contributed by atoms with E-state index in [9.17, 15) is 4.79 Å². The van der Waals surface area contributed by atoms with Gasteiger partial charge in [0.15, 0.2) is 0 Å². The fraction of sp³-hybridized carbons (Fsp3) is 0.320. The van der Waals surface area contributed by atoms with Crippen LogP contribution >= 0.6 is 0 Å². The number of para-hydroxylation sites is 1. The first-order chi connectivity index (χ1) is 15.6. The number of anilines is 1. The van der Waals surface area contributed by atoms with Gasteiger partial charge in [-0.15, -0.1) is 0 Å². The maximum atomic E-state index is 13.0. The minimum Gasteiger partial charge on any atom is -0.497 e. The predicted octanol–water partition coefficient (Wildman–Crippen LogP) is 3.69. The van der Waals surface area contributed by atoms with Gasteiger partial charge in [-0.2, -0.15) is 0 Å². The molecule has 1 saturated heterocycles. The molecule has 2 aromatic carbocycles. The normalized spacial score (nSPS) is 14.2. The van der Waals surface area contributed by atoms with Crippen LogP contribution in [0.4, 0.5) is 5.95 Å². The Kier molecular flexibility index (Phi) is 6.54. The number of carbonyl (C=O) groups excluding carboxylic acids is 1. The Labute approximate surface area is 188 Å². The number of carbonyl (C=O) groups is 1. The number of hydrogen-bond acceptors (Lipinski definition) is 6. The van der Waals surface area contributed by atoms with Crippen molar-refractivity contribution in [3.63, 3.8) is 0 Å². The number of nitrogen functional groups attached to an aromatic ring is 1. The van der Waals surface area contributed by atoms with Crippen LogP contribution in [-0.2, 0) is 6.42 Å². The number of rotatable bonds is 6. The summed E-state index contributed by atoms with van der Waals surface area (Å²) in [5.41, 5.74) is 9.60. The predicted molar refractivity (Wildman–Crippen MR) is 123 cm³/mol. The van der Waals surface area contributed by atoms with E-state index < -0.39 is 0 Å². The van der Waals surface area contributed by atoms with Gasteiger partial charge in [-0.05, 0) is 48.7 Å². The molecule has 32 heavy (non-hydrogen) atoms. The van der Waals surface area contributed by atoms with E-state index in [0.717, 1.165) is 35.5 Å². The lowest BCUT2D eigenvalue weighted by Crippen LogP contribution is -2.38. The lowest BCUT2D eigenvalue weighted by Gasteiger charge is -2.32. The van der Waals surface area contributed by atoms with Crippen LogP contribution in [-0.4, -0.2) is 48.1 Å². The Morgan fingerprint density at radius 1 is 1.03 bits per heavy atom. The van der Waals surface area contributed by atoms with Crippen LogP contribution < -0.4 is 15.2 Å². The highest BCUT2D eigenvalue weighted by Gasteiger charge is 2.27. The Morgan fingerprint density at radius 2 is 1.75 bits per heavy atom. The molecule has 0 aliphatic carbocycles. The van der Waals surface area contributed by atoms with Gasteiger partial charge in [0.1, 0.15) is 11.5 Å². The van der Waals surface area contributed by atoms with Crippen molar-refractivity contribution < 1.29 is 14.3 Å². The van der Waals surface area contributed by atoms with Gasteiger partial charge in [-0.1, -0.05) is 24.3 Å². The standard InChI is InChI=1S/C25H28N4O3/c1-31-20-9-7-17(8-10-20)15-19-16-22(28-25(26)27-19)18-11-13-29(14-12-18)24(30)21-5-3-4-6-23(21)32-2/h3-10,16,18H,11-15H2,1-2H3,(H2,26,27,28). The number of likely N-dealkylation sites (tertiary alicyclic amines) is 1. The molecule has 0 radical (unpaired) electrons. The molecule has 0 atom stereocenters. The van der Waals surface area contributed by atoms with Gasteiger partial charge in [0.25, 0.3) is 5.91 Å². The van der Waals surface area contributed by atoms with E-state index in [0.29, 0.717) is 36.8 Å². The summed E-state index contributed by atoms with van der Waals surface area (Å²) in [5, 5.41) is 0. The third kappa shape index (κ3) is 4.82. The quantitative estimate of drug-likeness (QED) is 0.639. The zero-order chi connectivity index (χ0) is 22.5. The van der Waals surface area contributed by atoms with E-state index in [4.69, 9.17) is 15.2 Å². The Hall–Kier alpha value is -3.61. The van der Waals surface area contributed by atoms with Crippen molar-refractivity contribution >= 4 is 11.9 Å². The summed E-state index contributed by atoms with van der Waals surface area (Å²) in [6.45, 7) is 1.33. The van der Waals surface area contributed by atoms with E-state index in [1.165, 1.54) is 0 Å². The molecule has 7 nitrogen and oxygen atoms in total. The molecule has 1 fully saturated rings. The molecule has 3 aromatic rings. The van der Waals surface area contributed by atoms with Crippen molar-refractivity contribution in [3.8, 4) is 11.5 Å². The smallest absolute Gasteiger partial charge is 0.257 e. The van der Waals surface area contributed by atoms with Crippen molar-refractivity contribution in [3.05, 3.63) is 77.1 Å². The van der Waals surface area contributed by atoms with E-state index >= 15 is 0 Å². The first-order valence-corrected chi connectivity index (χ1v) is 10.8. The number of benzene rings is 2. The summed E-state index contributed by atoms with van der Waals surface area (Å²) in [6.07, 6.45) is 2.34. The van der Waals surface area contributed by atoms with Crippen molar-refractivity contribution in [2.75, 3.05) is 33.0 Å². The topological polar surface area (TPSA) is 90.6 Å². The number of piperidine rings is 1. The fourth-order valence-corrected chi connectivity index (χ4v) is 4.16. The Bertz CT molecular complexity index is 1080. The molecule has 1 aliphatic rings. The van der Waals surface area contributed by atoms with Crippen LogP contribution in [0, 0.1) is 0 Å². The molecule has 2 heterocycles. The summed E-state index contributed by atoms with van der Waals surface area (Å²) in [4.78, 5) is 23.8. The van der Waals surface area contributed by atoms with Gasteiger partial charge < -0.3 is 20.1 Å². The molecule has 4 rings (SSSR count). The molecule has 2 N–H and O–H groups in total. The van der Waals surface area contributed by atoms with Crippen LogP contribution in [0.25, 0.3) is 0 Å². The van der Waals surface area contributed by atoms with Crippen molar-refractivity contribution in [2.45, 2.75) is 25.2 Å². The number of ether oxygens (including phenoxy) is 2. The number of hydrogen-bond donors (Lipinski definition) is 1. The van der Waals surface area contributed by atoms with Crippen molar-refractivity contribution in [2.24, 2.45) is 0 Å². The second kappa shape index (κ2) is 9.68. The summed E-state index contributed by atoms with van der Waals surface area (Å²) >= 11 is 0.